The summed E-state index contributed by atoms with van der Waals surface area (Å²) in [4.78, 5) is 5.98. The highest BCUT2D eigenvalue weighted by molar-refractivity contribution is 5.79. The van der Waals surface area contributed by atoms with Crippen molar-refractivity contribution in [3.63, 3.8) is 0 Å². The monoisotopic (exact) mass is 366 g/mol. The Hall–Kier alpha value is -1.02. The van der Waals surface area contributed by atoms with Crippen molar-refractivity contribution in [3.8, 4) is 0 Å². The van der Waals surface area contributed by atoms with E-state index in [0.29, 0.717) is 32.2 Å². The fraction of sp³-hybridized carbons (Fsp3) is 0.941. The Bertz CT molecular complexity index is 389. The average molecular weight is 366 g/mol. The zero-order chi connectivity index (χ0) is 18.7. The zero-order valence-electron chi connectivity index (χ0n) is 15.7. The number of nitrogens with one attached hydrogen (secondary N) is 2. The van der Waals surface area contributed by atoms with Crippen LogP contribution in [0.1, 0.15) is 33.6 Å². The van der Waals surface area contributed by atoms with E-state index in [2.05, 4.69) is 29.5 Å². The van der Waals surface area contributed by atoms with Crippen LogP contribution in [-0.4, -0.2) is 69.5 Å². The van der Waals surface area contributed by atoms with Gasteiger partial charge in [-0.25, -0.2) is 0 Å². The molecule has 1 heterocycles. The van der Waals surface area contributed by atoms with Gasteiger partial charge in [0.15, 0.2) is 5.96 Å². The number of hydrogen-bond donors (Lipinski definition) is 2. The maximum atomic E-state index is 12.4. The number of nitrogens with zero attached hydrogens (tertiary/aromatic N) is 2. The molecule has 1 saturated heterocycles. The summed E-state index contributed by atoms with van der Waals surface area (Å²) in [5.41, 5.74) is 0. The van der Waals surface area contributed by atoms with E-state index in [9.17, 15) is 13.2 Å². The largest absolute Gasteiger partial charge is 0.401 e. The Balaban J connectivity index is 2.26. The maximum Gasteiger partial charge on any atom is 0.401 e. The topological polar surface area (TPSA) is 48.9 Å². The van der Waals surface area contributed by atoms with Gasteiger partial charge < -0.3 is 15.4 Å². The van der Waals surface area contributed by atoms with Crippen molar-refractivity contribution >= 4 is 5.96 Å². The minimum atomic E-state index is -4.12. The zero-order valence-corrected chi connectivity index (χ0v) is 15.7. The fourth-order valence-electron chi connectivity index (χ4n) is 2.72. The van der Waals surface area contributed by atoms with E-state index in [1.807, 2.05) is 6.92 Å². The molecule has 0 amide bonds. The second-order valence-corrected chi connectivity index (χ2v) is 6.97. The summed E-state index contributed by atoms with van der Waals surface area (Å²) in [7, 11) is 0. The van der Waals surface area contributed by atoms with Crippen LogP contribution in [0.5, 0.6) is 0 Å². The third-order valence-corrected chi connectivity index (χ3v) is 3.83. The summed E-state index contributed by atoms with van der Waals surface area (Å²) in [5.74, 6) is 1.45. The third kappa shape index (κ3) is 11.3. The molecular weight excluding hydrogens is 333 g/mol. The van der Waals surface area contributed by atoms with Gasteiger partial charge in [0.2, 0.25) is 0 Å². The van der Waals surface area contributed by atoms with Gasteiger partial charge in [-0.15, -0.1) is 0 Å². The van der Waals surface area contributed by atoms with Gasteiger partial charge >= 0.3 is 6.18 Å². The first-order valence-electron chi connectivity index (χ1n) is 9.19. The van der Waals surface area contributed by atoms with E-state index in [1.165, 1.54) is 4.90 Å². The number of ether oxygens (including phenoxy) is 1. The predicted octanol–water partition coefficient (Wildman–Crippen LogP) is 2.49. The van der Waals surface area contributed by atoms with Crippen LogP contribution in [0.3, 0.4) is 0 Å². The quantitative estimate of drug-likeness (QED) is 0.354. The molecule has 0 aromatic heterocycles. The molecule has 0 bridgehead atoms. The Morgan fingerprint density at radius 3 is 2.72 bits per heavy atom. The van der Waals surface area contributed by atoms with E-state index in [0.717, 1.165) is 38.5 Å². The minimum Gasteiger partial charge on any atom is -0.381 e. The van der Waals surface area contributed by atoms with Crippen LogP contribution < -0.4 is 10.6 Å². The van der Waals surface area contributed by atoms with E-state index in [-0.39, 0.29) is 5.92 Å². The van der Waals surface area contributed by atoms with E-state index in [1.54, 1.807) is 0 Å². The normalized spacial score (nSPS) is 19.6. The van der Waals surface area contributed by atoms with Crippen molar-refractivity contribution in [1.29, 1.82) is 0 Å². The van der Waals surface area contributed by atoms with Gasteiger partial charge in [0.1, 0.15) is 0 Å². The van der Waals surface area contributed by atoms with Crippen LogP contribution in [0.25, 0.3) is 0 Å². The Labute approximate surface area is 149 Å². The van der Waals surface area contributed by atoms with Gasteiger partial charge in [0, 0.05) is 39.4 Å². The molecule has 0 aromatic carbocycles. The van der Waals surface area contributed by atoms with Crippen molar-refractivity contribution in [1.82, 2.24) is 15.5 Å². The Kier molecular flexibility index (Phi) is 10.2. The van der Waals surface area contributed by atoms with Crippen molar-refractivity contribution in [2.75, 3.05) is 52.5 Å². The number of alkyl halides is 3. The lowest BCUT2D eigenvalue weighted by atomic mass is 10.1. The number of guanidine groups is 1. The molecule has 148 valence electrons. The first kappa shape index (κ1) is 22.0. The molecule has 5 nitrogen and oxygen atoms in total. The molecule has 1 unspecified atom stereocenters. The molecule has 0 saturated carbocycles. The molecule has 1 aliphatic heterocycles. The highest BCUT2D eigenvalue weighted by Crippen LogP contribution is 2.22. The molecule has 0 radical (unpaired) electrons. The summed E-state index contributed by atoms with van der Waals surface area (Å²) in [6.45, 7) is 9.90. The van der Waals surface area contributed by atoms with Gasteiger partial charge in [-0.3, -0.25) is 9.89 Å². The lowest BCUT2D eigenvalue weighted by Gasteiger charge is -2.17. The molecule has 1 atom stereocenters. The van der Waals surface area contributed by atoms with Crippen LogP contribution in [-0.2, 0) is 4.74 Å². The Morgan fingerprint density at radius 2 is 2.08 bits per heavy atom. The van der Waals surface area contributed by atoms with Crippen LogP contribution in [0.4, 0.5) is 13.2 Å². The number of halogens is 3. The highest BCUT2D eigenvalue weighted by atomic mass is 19.4. The standard InChI is InChI=1S/C17H33F3N4O/c1-4-21-16(22-7-5-9-25-12-14(2)3)23-10-15-6-8-24(11-15)13-17(18,19)20/h14-15H,4-13H2,1-3H3,(H2,21,22,23). The van der Waals surface area contributed by atoms with Crippen molar-refractivity contribution < 1.29 is 17.9 Å². The molecule has 0 aliphatic carbocycles. The number of aliphatic imine (C=N–C) groups is 1. The average Bonchev–Trinajstić information content (AvgIpc) is 2.93. The predicted molar refractivity (Wildman–Crippen MR) is 94.9 cm³/mol. The van der Waals surface area contributed by atoms with Gasteiger partial charge in [-0.1, -0.05) is 13.8 Å². The lowest BCUT2D eigenvalue weighted by Crippen LogP contribution is -2.38. The molecule has 1 rings (SSSR count). The van der Waals surface area contributed by atoms with Crippen molar-refractivity contribution in [3.05, 3.63) is 0 Å². The fourth-order valence-corrected chi connectivity index (χ4v) is 2.72. The lowest BCUT2D eigenvalue weighted by molar-refractivity contribution is -0.143. The first-order valence-corrected chi connectivity index (χ1v) is 9.19. The summed E-state index contributed by atoms with van der Waals surface area (Å²) in [6.07, 6.45) is -2.46. The van der Waals surface area contributed by atoms with E-state index < -0.39 is 12.7 Å². The van der Waals surface area contributed by atoms with Crippen molar-refractivity contribution in [2.45, 2.75) is 39.8 Å². The summed E-state index contributed by atoms with van der Waals surface area (Å²) in [5, 5.41) is 6.42. The first-order chi connectivity index (χ1) is 11.8. The highest BCUT2D eigenvalue weighted by Gasteiger charge is 2.34. The Morgan fingerprint density at radius 1 is 1.32 bits per heavy atom. The van der Waals surface area contributed by atoms with Gasteiger partial charge in [0.05, 0.1) is 6.54 Å². The summed E-state index contributed by atoms with van der Waals surface area (Å²) >= 11 is 0. The van der Waals surface area contributed by atoms with Crippen LogP contribution >= 0.6 is 0 Å². The van der Waals surface area contributed by atoms with E-state index >= 15 is 0 Å². The molecule has 8 heteroatoms. The summed E-state index contributed by atoms with van der Waals surface area (Å²) < 4.78 is 42.8. The maximum absolute atomic E-state index is 12.4. The van der Waals surface area contributed by atoms with Crippen molar-refractivity contribution in [2.24, 2.45) is 16.8 Å². The molecular formula is C17H33F3N4O. The van der Waals surface area contributed by atoms with Crippen LogP contribution in [0, 0.1) is 11.8 Å². The van der Waals surface area contributed by atoms with Crippen LogP contribution in [0.15, 0.2) is 4.99 Å². The summed E-state index contributed by atoms with van der Waals surface area (Å²) in [6, 6.07) is 0. The van der Waals surface area contributed by atoms with Gasteiger partial charge in [-0.05, 0) is 38.1 Å². The number of hydrogen-bond acceptors (Lipinski definition) is 3. The molecule has 1 fully saturated rings. The molecule has 0 spiro atoms. The molecule has 2 N–H and O–H groups in total. The molecule has 1 aliphatic rings. The number of likely N-dealkylation sites (tertiary alicyclic amines) is 1. The minimum absolute atomic E-state index is 0.187. The second-order valence-electron chi connectivity index (χ2n) is 6.97. The second kappa shape index (κ2) is 11.6. The smallest absolute Gasteiger partial charge is 0.381 e. The molecule has 0 aromatic rings. The van der Waals surface area contributed by atoms with Crippen LogP contribution in [0.2, 0.25) is 0 Å². The SMILES string of the molecule is CCNC(=NCC1CCN(CC(F)(F)F)C1)NCCCOCC(C)C. The van der Waals surface area contributed by atoms with Gasteiger partial charge in [-0.2, -0.15) is 13.2 Å². The third-order valence-electron chi connectivity index (χ3n) is 3.83. The number of rotatable bonds is 10. The molecule has 25 heavy (non-hydrogen) atoms. The van der Waals surface area contributed by atoms with Gasteiger partial charge in [0.25, 0.3) is 0 Å². The van der Waals surface area contributed by atoms with E-state index in [4.69, 9.17) is 4.74 Å².